The van der Waals surface area contributed by atoms with Crippen LogP contribution in [0.1, 0.15) is 20.3 Å². The standard InChI is InChI=1S/C11H17N5O3/c1-6-4-16(7(2)13-11(6)18)10-3-8(14-15-12)9(5-17)19-10/h4,7-10,17H,3,5H2,1-2H3,(H,13,18). The Morgan fingerprint density at radius 1 is 1.74 bits per heavy atom. The van der Waals surface area contributed by atoms with E-state index in [4.69, 9.17) is 10.3 Å². The van der Waals surface area contributed by atoms with Crippen molar-refractivity contribution in [3.63, 3.8) is 0 Å². The summed E-state index contributed by atoms with van der Waals surface area (Å²) < 4.78 is 5.68. The van der Waals surface area contributed by atoms with Crippen molar-refractivity contribution >= 4 is 5.91 Å². The first-order valence-electron chi connectivity index (χ1n) is 6.14. The Labute approximate surface area is 110 Å². The molecule has 2 aliphatic rings. The zero-order chi connectivity index (χ0) is 14.0. The maximum atomic E-state index is 11.5. The summed E-state index contributed by atoms with van der Waals surface area (Å²) in [6, 6.07) is -0.390. The van der Waals surface area contributed by atoms with Crippen molar-refractivity contribution in [2.45, 2.75) is 44.8 Å². The highest BCUT2D eigenvalue weighted by molar-refractivity contribution is 5.93. The summed E-state index contributed by atoms with van der Waals surface area (Å²) in [5.41, 5.74) is 9.10. The lowest BCUT2D eigenvalue weighted by molar-refractivity contribution is -0.123. The zero-order valence-corrected chi connectivity index (χ0v) is 10.9. The monoisotopic (exact) mass is 267 g/mol. The first kappa shape index (κ1) is 13.7. The van der Waals surface area contributed by atoms with Gasteiger partial charge in [-0.3, -0.25) is 4.79 Å². The van der Waals surface area contributed by atoms with E-state index in [0.29, 0.717) is 12.0 Å². The van der Waals surface area contributed by atoms with Crippen LogP contribution in [0.2, 0.25) is 0 Å². The second kappa shape index (κ2) is 5.48. The van der Waals surface area contributed by atoms with Gasteiger partial charge in [-0.2, -0.15) is 0 Å². The Morgan fingerprint density at radius 3 is 3.11 bits per heavy atom. The Bertz CT molecular complexity index is 446. The Hall–Kier alpha value is -1.76. The van der Waals surface area contributed by atoms with Crippen molar-refractivity contribution in [2.24, 2.45) is 5.11 Å². The third-order valence-corrected chi connectivity index (χ3v) is 3.40. The molecule has 0 spiro atoms. The Kier molecular flexibility index (Phi) is 3.94. The van der Waals surface area contributed by atoms with Gasteiger partial charge >= 0.3 is 0 Å². The van der Waals surface area contributed by atoms with E-state index < -0.39 is 12.1 Å². The van der Waals surface area contributed by atoms with Crippen LogP contribution in [0.3, 0.4) is 0 Å². The molecule has 8 heteroatoms. The fourth-order valence-corrected chi connectivity index (χ4v) is 2.36. The fraction of sp³-hybridized carbons (Fsp3) is 0.727. The van der Waals surface area contributed by atoms with Gasteiger partial charge in [0.25, 0.3) is 0 Å². The minimum atomic E-state index is -0.501. The number of rotatable bonds is 3. The minimum Gasteiger partial charge on any atom is -0.394 e. The van der Waals surface area contributed by atoms with Crippen LogP contribution >= 0.6 is 0 Å². The second-order valence-corrected chi connectivity index (χ2v) is 4.73. The molecule has 2 rings (SSSR count). The predicted molar refractivity (Wildman–Crippen MR) is 66.5 cm³/mol. The first-order chi connectivity index (χ1) is 9.06. The summed E-state index contributed by atoms with van der Waals surface area (Å²) in [5, 5.41) is 15.7. The summed E-state index contributed by atoms with van der Waals surface area (Å²) in [7, 11) is 0. The number of azide groups is 1. The molecule has 0 saturated carbocycles. The lowest BCUT2D eigenvalue weighted by Crippen LogP contribution is -2.52. The molecule has 8 nitrogen and oxygen atoms in total. The number of ether oxygens (including phenoxy) is 1. The molecule has 19 heavy (non-hydrogen) atoms. The molecule has 0 aromatic carbocycles. The van der Waals surface area contributed by atoms with E-state index in [1.54, 1.807) is 13.1 Å². The maximum Gasteiger partial charge on any atom is 0.249 e. The molecule has 2 heterocycles. The average Bonchev–Trinajstić information content (AvgIpc) is 2.77. The molecule has 0 aromatic heterocycles. The maximum absolute atomic E-state index is 11.5. The van der Waals surface area contributed by atoms with Gasteiger partial charge < -0.3 is 20.1 Å². The van der Waals surface area contributed by atoms with E-state index in [1.807, 2.05) is 11.8 Å². The van der Waals surface area contributed by atoms with Crippen LogP contribution in [0.25, 0.3) is 10.4 Å². The lowest BCUT2D eigenvalue weighted by atomic mass is 10.1. The van der Waals surface area contributed by atoms with Crippen LogP contribution in [0, 0.1) is 0 Å². The van der Waals surface area contributed by atoms with Crippen molar-refractivity contribution in [3.05, 3.63) is 22.2 Å². The molecule has 2 N–H and O–H groups in total. The van der Waals surface area contributed by atoms with Crippen molar-refractivity contribution in [3.8, 4) is 0 Å². The average molecular weight is 267 g/mol. The van der Waals surface area contributed by atoms with Crippen LogP contribution < -0.4 is 5.32 Å². The largest absolute Gasteiger partial charge is 0.394 e. The molecule has 0 bridgehead atoms. The highest BCUT2D eigenvalue weighted by Gasteiger charge is 2.39. The highest BCUT2D eigenvalue weighted by atomic mass is 16.5. The summed E-state index contributed by atoms with van der Waals surface area (Å²) in [6.07, 6.45) is 1.20. The number of carbonyl (C=O) groups excluding carboxylic acids is 1. The number of aliphatic hydroxyl groups is 1. The summed E-state index contributed by atoms with van der Waals surface area (Å²) in [5.74, 6) is -0.105. The van der Waals surface area contributed by atoms with E-state index in [2.05, 4.69) is 15.3 Å². The fourth-order valence-electron chi connectivity index (χ4n) is 2.36. The van der Waals surface area contributed by atoms with Crippen molar-refractivity contribution in [1.82, 2.24) is 10.2 Å². The van der Waals surface area contributed by atoms with Crippen LogP contribution in [0.5, 0.6) is 0 Å². The molecule has 4 unspecified atom stereocenters. The third-order valence-electron chi connectivity index (χ3n) is 3.40. The van der Waals surface area contributed by atoms with Crippen molar-refractivity contribution < 1.29 is 14.6 Å². The van der Waals surface area contributed by atoms with Crippen LogP contribution in [0.4, 0.5) is 0 Å². The van der Waals surface area contributed by atoms with Crippen LogP contribution in [-0.2, 0) is 9.53 Å². The third kappa shape index (κ3) is 2.65. The zero-order valence-electron chi connectivity index (χ0n) is 10.9. The van der Waals surface area contributed by atoms with E-state index >= 15 is 0 Å². The van der Waals surface area contributed by atoms with E-state index in [0.717, 1.165) is 0 Å². The van der Waals surface area contributed by atoms with Crippen molar-refractivity contribution in [1.29, 1.82) is 0 Å². The Balaban J connectivity index is 2.15. The van der Waals surface area contributed by atoms with E-state index in [1.165, 1.54) is 0 Å². The molecule has 2 aliphatic heterocycles. The number of carbonyl (C=O) groups is 1. The number of hydrogen-bond donors (Lipinski definition) is 2. The van der Waals surface area contributed by atoms with Gasteiger partial charge in [0.1, 0.15) is 12.4 Å². The smallest absolute Gasteiger partial charge is 0.249 e. The van der Waals surface area contributed by atoms with Crippen molar-refractivity contribution in [2.75, 3.05) is 6.61 Å². The Morgan fingerprint density at radius 2 is 2.47 bits per heavy atom. The number of amides is 1. The molecular formula is C11H17N5O3. The van der Waals surface area contributed by atoms with Crippen LogP contribution in [-0.4, -0.2) is 47.1 Å². The number of nitrogens with one attached hydrogen (secondary N) is 1. The van der Waals surface area contributed by atoms with Gasteiger partial charge in [0.2, 0.25) is 5.91 Å². The van der Waals surface area contributed by atoms with Gasteiger partial charge in [-0.05, 0) is 19.4 Å². The van der Waals surface area contributed by atoms with Gasteiger partial charge in [-0.1, -0.05) is 5.11 Å². The molecule has 1 amide bonds. The molecule has 1 fully saturated rings. The van der Waals surface area contributed by atoms with Gasteiger partial charge in [0.05, 0.1) is 18.8 Å². The predicted octanol–water partition coefficient (Wildman–Crippen LogP) is 0.454. The molecule has 104 valence electrons. The number of hydrogen-bond acceptors (Lipinski definition) is 5. The lowest BCUT2D eigenvalue weighted by Gasteiger charge is -2.36. The molecule has 0 radical (unpaired) electrons. The first-order valence-corrected chi connectivity index (χ1v) is 6.14. The number of nitrogens with zero attached hydrogens (tertiary/aromatic N) is 4. The molecule has 1 saturated heterocycles. The number of aliphatic hydroxyl groups excluding tert-OH is 1. The minimum absolute atomic E-state index is 0.105. The summed E-state index contributed by atoms with van der Waals surface area (Å²) in [6.45, 7) is 3.37. The van der Waals surface area contributed by atoms with Gasteiger partial charge in [0.15, 0.2) is 0 Å². The van der Waals surface area contributed by atoms with Gasteiger partial charge in [-0.25, -0.2) is 0 Å². The normalized spacial score (nSPS) is 34.6. The highest BCUT2D eigenvalue weighted by Crippen LogP contribution is 2.28. The quantitative estimate of drug-likeness (QED) is 0.439. The summed E-state index contributed by atoms with van der Waals surface area (Å²) in [4.78, 5) is 16.1. The topological polar surface area (TPSA) is 111 Å². The van der Waals surface area contributed by atoms with E-state index in [-0.39, 0.29) is 24.9 Å². The SMILES string of the molecule is CC1=CN(C2CC(N=[N+]=[N-])C(CO)O2)C(C)NC1=O. The summed E-state index contributed by atoms with van der Waals surface area (Å²) >= 11 is 0. The molecule has 4 atom stereocenters. The molecular weight excluding hydrogens is 250 g/mol. The van der Waals surface area contributed by atoms with Crippen LogP contribution in [0.15, 0.2) is 16.9 Å². The van der Waals surface area contributed by atoms with E-state index in [9.17, 15) is 9.90 Å². The second-order valence-electron chi connectivity index (χ2n) is 4.73. The van der Waals surface area contributed by atoms with Gasteiger partial charge in [-0.15, -0.1) is 0 Å². The molecule has 0 aliphatic carbocycles. The molecule has 0 aromatic rings. The van der Waals surface area contributed by atoms with Gasteiger partial charge in [0, 0.05) is 23.1 Å².